The summed E-state index contributed by atoms with van der Waals surface area (Å²) in [4.78, 5) is 8.58. The van der Waals surface area contributed by atoms with Crippen molar-refractivity contribution >= 4 is 22.4 Å². The number of methoxy groups -OCH3 is 2. The van der Waals surface area contributed by atoms with Crippen LogP contribution in [0, 0.1) is 6.92 Å². The average Bonchev–Trinajstić information content (AvgIpc) is 2.58. The fourth-order valence-corrected chi connectivity index (χ4v) is 2.37. The Kier molecular flexibility index (Phi) is 3.89. The van der Waals surface area contributed by atoms with Gasteiger partial charge in [-0.3, -0.25) is 0 Å². The second-order valence-electron chi connectivity index (χ2n) is 5.02. The minimum atomic E-state index is 0.229. The highest BCUT2D eigenvalue weighted by Gasteiger charge is 2.12. The molecule has 0 saturated carbocycles. The molecule has 0 aliphatic carbocycles. The van der Waals surface area contributed by atoms with Crippen LogP contribution < -0.4 is 14.8 Å². The average molecular weight is 311 g/mol. The molecular formula is C17H17N3O3. The highest BCUT2D eigenvalue weighted by Crippen LogP contribution is 2.35. The number of nitrogens with one attached hydrogen (secondary N) is 1. The van der Waals surface area contributed by atoms with E-state index in [2.05, 4.69) is 15.3 Å². The van der Waals surface area contributed by atoms with Crippen LogP contribution in [-0.4, -0.2) is 29.3 Å². The van der Waals surface area contributed by atoms with Crippen molar-refractivity contribution in [1.29, 1.82) is 0 Å². The van der Waals surface area contributed by atoms with Crippen LogP contribution >= 0.6 is 0 Å². The van der Waals surface area contributed by atoms with Crippen LogP contribution in [0.1, 0.15) is 5.56 Å². The third-order valence-corrected chi connectivity index (χ3v) is 3.70. The lowest BCUT2D eigenvalue weighted by atomic mass is 10.1. The zero-order valence-corrected chi connectivity index (χ0v) is 13.1. The van der Waals surface area contributed by atoms with Gasteiger partial charge in [0.15, 0.2) is 11.5 Å². The fraction of sp³-hybridized carbons (Fsp3) is 0.176. The number of benzene rings is 2. The van der Waals surface area contributed by atoms with E-state index in [1.807, 2.05) is 19.1 Å². The molecule has 0 fully saturated rings. The molecule has 0 atom stereocenters. The number of rotatable bonds is 4. The summed E-state index contributed by atoms with van der Waals surface area (Å²) in [6.45, 7) is 1.84. The Bertz CT molecular complexity index is 865. The van der Waals surface area contributed by atoms with Gasteiger partial charge in [0.1, 0.15) is 17.9 Å². The highest BCUT2D eigenvalue weighted by molar-refractivity contribution is 5.93. The van der Waals surface area contributed by atoms with E-state index in [9.17, 15) is 5.11 Å². The zero-order valence-electron chi connectivity index (χ0n) is 13.1. The van der Waals surface area contributed by atoms with Crippen LogP contribution in [0.15, 0.2) is 36.7 Å². The van der Waals surface area contributed by atoms with Crippen LogP contribution in [0.3, 0.4) is 0 Å². The standard InChI is InChI=1S/C17H17N3O3/c1-10-12(5-4-6-14(10)21)20-17-11-7-15(22-2)16(23-3)8-13(11)18-9-19-17/h4-9,21H,1-3H3,(H,18,19,20). The minimum absolute atomic E-state index is 0.229. The van der Waals surface area contributed by atoms with Gasteiger partial charge in [0.25, 0.3) is 0 Å². The Labute approximate surface area is 133 Å². The number of nitrogens with zero attached hydrogens (tertiary/aromatic N) is 2. The number of ether oxygens (including phenoxy) is 2. The number of phenols is 1. The van der Waals surface area contributed by atoms with E-state index >= 15 is 0 Å². The van der Waals surface area contributed by atoms with Gasteiger partial charge in [0.2, 0.25) is 0 Å². The van der Waals surface area contributed by atoms with Gasteiger partial charge in [-0.2, -0.15) is 0 Å². The van der Waals surface area contributed by atoms with Gasteiger partial charge in [0, 0.05) is 22.7 Å². The fourth-order valence-electron chi connectivity index (χ4n) is 2.37. The van der Waals surface area contributed by atoms with Crippen molar-refractivity contribution in [2.75, 3.05) is 19.5 Å². The van der Waals surface area contributed by atoms with Crippen molar-refractivity contribution in [3.8, 4) is 17.2 Å². The Morgan fingerprint density at radius 1 is 1.04 bits per heavy atom. The summed E-state index contributed by atoms with van der Waals surface area (Å²) in [5, 5.41) is 13.9. The number of hydrogen-bond donors (Lipinski definition) is 2. The van der Waals surface area contributed by atoms with Crippen LogP contribution in [-0.2, 0) is 0 Å². The van der Waals surface area contributed by atoms with Crippen LogP contribution in [0.25, 0.3) is 10.9 Å². The molecule has 1 heterocycles. The van der Waals surface area contributed by atoms with Crippen molar-refractivity contribution in [1.82, 2.24) is 9.97 Å². The quantitative estimate of drug-likeness (QED) is 0.769. The van der Waals surface area contributed by atoms with Crippen molar-refractivity contribution in [2.24, 2.45) is 0 Å². The minimum Gasteiger partial charge on any atom is -0.508 e. The zero-order chi connectivity index (χ0) is 16.4. The molecule has 23 heavy (non-hydrogen) atoms. The molecule has 0 unspecified atom stereocenters. The molecule has 0 aliphatic rings. The number of aromatic nitrogens is 2. The Hall–Kier alpha value is -3.02. The summed E-state index contributed by atoms with van der Waals surface area (Å²) in [7, 11) is 3.17. The number of aromatic hydroxyl groups is 1. The third kappa shape index (κ3) is 2.70. The van der Waals surface area contributed by atoms with Gasteiger partial charge in [-0.25, -0.2) is 9.97 Å². The van der Waals surface area contributed by atoms with Crippen LogP contribution in [0.5, 0.6) is 17.2 Å². The molecule has 2 aromatic carbocycles. The topological polar surface area (TPSA) is 76.5 Å². The molecule has 1 aromatic heterocycles. The summed E-state index contributed by atoms with van der Waals surface area (Å²) in [5.74, 6) is 2.07. The molecule has 0 radical (unpaired) electrons. The van der Waals surface area contributed by atoms with E-state index in [4.69, 9.17) is 9.47 Å². The van der Waals surface area contributed by atoms with E-state index in [0.29, 0.717) is 17.3 Å². The number of hydrogen-bond acceptors (Lipinski definition) is 6. The Morgan fingerprint density at radius 3 is 2.52 bits per heavy atom. The summed E-state index contributed by atoms with van der Waals surface area (Å²) < 4.78 is 10.6. The molecule has 118 valence electrons. The lowest BCUT2D eigenvalue weighted by Gasteiger charge is -2.13. The van der Waals surface area contributed by atoms with Crippen LogP contribution in [0.2, 0.25) is 0 Å². The summed E-state index contributed by atoms with van der Waals surface area (Å²) in [6.07, 6.45) is 1.48. The molecule has 0 aliphatic heterocycles. The summed E-state index contributed by atoms with van der Waals surface area (Å²) >= 11 is 0. The van der Waals surface area contributed by atoms with E-state index in [-0.39, 0.29) is 5.75 Å². The molecule has 0 saturated heterocycles. The maximum atomic E-state index is 9.83. The predicted octanol–water partition coefficient (Wildman–Crippen LogP) is 3.40. The van der Waals surface area contributed by atoms with Crippen molar-refractivity contribution in [2.45, 2.75) is 6.92 Å². The SMILES string of the molecule is COc1cc2ncnc(Nc3cccc(O)c3C)c2cc1OC. The van der Waals surface area contributed by atoms with Gasteiger partial charge in [0.05, 0.1) is 19.7 Å². The first kappa shape index (κ1) is 14.9. The van der Waals surface area contributed by atoms with Crippen LogP contribution in [0.4, 0.5) is 11.5 Å². The molecule has 0 amide bonds. The monoisotopic (exact) mass is 311 g/mol. The van der Waals surface area contributed by atoms with Crippen molar-refractivity contribution in [3.05, 3.63) is 42.2 Å². The lowest BCUT2D eigenvalue weighted by Crippen LogP contribution is -1.99. The van der Waals surface area contributed by atoms with E-state index < -0.39 is 0 Å². The summed E-state index contributed by atoms with van der Waals surface area (Å²) in [5.41, 5.74) is 2.26. The molecule has 2 N–H and O–H groups in total. The number of fused-ring (bicyclic) bond motifs is 1. The Morgan fingerprint density at radius 2 is 1.78 bits per heavy atom. The van der Waals surface area contributed by atoms with Gasteiger partial charge in [-0.1, -0.05) is 6.07 Å². The molecule has 6 nitrogen and oxygen atoms in total. The first-order chi connectivity index (χ1) is 11.1. The molecule has 3 aromatic rings. The second-order valence-corrected chi connectivity index (χ2v) is 5.02. The maximum absolute atomic E-state index is 9.83. The molecule has 0 bridgehead atoms. The Balaban J connectivity index is 2.12. The third-order valence-electron chi connectivity index (χ3n) is 3.70. The van der Waals surface area contributed by atoms with Gasteiger partial charge in [-0.15, -0.1) is 0 Å². The molecule has 0 spiro atoms. The maximum Gasteiger partial charge on any atom is 0.162 e. The number of anilines is 2. The second kappa shape index (κ2) is 6.00. The first-order valence-electron chi connectivity index (χ1n) is 7.06. The smallest absolute Gasteiger partial charge is 0.162 e. The van der Waals surface area contributed by atoms with E-state index in [1.54, 1.807) is 32.4 Å². The first-order valence-corrected chi connectivity index (χ1v) is 7.06. The summed E-state index contributed by atoms with van der Waals surface area (Å²) in [6, 6.07) is 8.93. The normalized spacial score (nSPS) is 10.6. The largest absolute Gasteiger partial charge is 0.508 e. The van der Waals surface area contributed by atoms with Gasteiger partial charge >= 0.3 is 0 Å². The van der Waals surface area contributed by atoms with Crippen molar-refractivity contribution < 1.29 is 14.6 Å². The highest BCUT2D eigenvalue weighted by atomic mass is 16.5. The van der Waals surface area contributed by atoms with Gasteiger partial charge in [-0.05, 0) is 25.1 Å². The molecule has 3 rings (SSSR count). The number of phenolic OH excluding ortho intramolecular Hbond substituents is 1. The van der Waals surface area contributed by atoms with Gasteiger partial charge < -0.3 is 19.9 Å². The molecule has 6 heteroatoms. The van der Waals surface area contributed by atoms with E-state index in [0.717, 1.165) is 22.2 Å². The predicted molar refractivity (Wildman–Crippen MR) is 88.8 cm³/mol. The van der Waals surface area contributed by atoms with Crippen molar-refractivity contribution in [3.63, 3.8) is 0 Å². The van der Waals surface area contributed by atoms with E-state index in [1.165, 1.54) is 6.33 Å². The molecular weight excluding hydrogens is 294 g/mol. The lowest BCUT2D eigenvalue weighted by molar-refractivity contribution is 0.356.